The van der Waals surface area contributed by atoms with E-state index in [4.69, 9.17) is 0 Å². The first-order chi connectivity index (χ1) is 11.0. The van der Waals surface area contributed by atoms with Crippen LogP contribution in [0.1, 0.15) is 16.2 Å². The van der Waals surface area contributed by atoms with E-state index in [9.17, 15) is 0 Å². The molecule has 3 rings (SSSR count). The normalized spacial score (nSPS) is 18.3. The lowest BCUT2D eigenvalue weighted by Gasteiger charge is -2.26. The van der Waals surface area contributed by atoms with Gasteiger partial charge < -0.3 is 9.80 Å². The zero-order chi connectivity index (χ0) is 16.4. The van der Waals surface area contributed by atoms with Crippen molar-refractivity contribution in [3.63, 3.8) is 0 Å². The lowest BCUT2D eigenvalue weighted by molar-refractivity contribution is 0.329. The average Bonchev–Trinajstić information content (AvgIpc) is 3.16. The molecule has 0 amide bonds. The monoisotopic (exact) mass is 331 g/mol. The fourth-order valence-electron chi connectivity index (χ4n) is 3.00. The van der Waals surface area contributed by atoms with E-state index in [0.29, 0.717) is 6.04 Å². The van der Waals surface area contributed by atoms with E-state index >= 15 is 0 Å². The van der Waals surface area contributed by atoms with Gasteiger partial charge in [-0.25, -0.2) is 4.98 Å². The summed E-state index contributed by atoms with van der Waals surface area (Å²) in [6.45, 7) is 5.48. The summed E-state index contributed by atoms with van der Waals surface area (Å²) in [4.78, 5) is 18.6. The minimum absolute atomic E-state index is 0.515. The van der Waals surface area contributed by atoms with Gasteiger partial charge in [-0.3, -0.25) is 4.90 Å². The van der Waals surface area contributed by atoms with E-state index in [1.54, 1.807) is 0 Å². The number of anilines is 2. The Labute approximate surface area is 142 Å². The van der Waals surface area contributed by atoms with E-state index in [1.165, 1.54) is 16.2 Å². The number of nitrogens with zero attached hydrogens (tertiary/aromatic N) is 5. The predicted octanol–water partition coefficient (Wildman–Crippen LogP) is 2.62. The van der Waals surface area contributed by atoms with Crippen molar-refractivity contribution in [1.29, 1.82) is 0 Å². The zero-order valence-corrected chi connectivity index (χ0v) is 15.2. The van der Waals surface area contributed by atoms with Crippen LogP contribution in [0.5, 0.6) is 0 Å². The molecule has 0 radical (unpaired) electrons. The molecule has 3 heterocycles. The van der Waals surface area contributed by atoms with Gasteiger partial charge in [-0.05, 0) is 31.5 Å². The van der Waals surface area contributed by atoms with Crippen LogP contribution >= 0.6 is 11.3 Å². The third-order valence-corrected chi connectivity index (χ3v) is 5.35. The van der Waals surface area contributed by atoms with Crippen LogP contribution in [0.25, 0.3) is 0 Å². The van der Waals surface area contributed by atoms with Crippen molar-refractivity contribution >= 4 is 23.1 Å². The lowest BCUT2D eigenvalue weighted by Crippen LogP contribution is -2.35. The van der Waals surface area contributed by atoms with E-state index in [2.05, 4.69) is 45.9 Å². The number of aryl methyl sites for hydroxylation is 1. The molecule has 23 heavy (non-hydrogen) atoms. The van der Waals surface area contributed by atoms with Gasteiger partial charge >= 0.3 is 0 Å². The van der Waals surface area contributed by atoms with Gasteiger partial charge in [0.05, 0.1) is 0 Å². The van der Waals surface area contributed by atoms with Crippen molar-refractivity contribution in [2.45, 2.75) is 25.9 Å². The van der Waals surface area contributed by atoms with Crippen LogP contribution in [0, 0.1) is 6.92 Å². The molecule has 6 heteroatoms. The highest BCUT2D eigenvalue weighted by Gasteiger charge is 2.27. The van der Waals surface area contributed by atoms with E-state index < -0.39 is 0 Å². The Balaban J connectivity index is 1.63. The van der Waals surface area contributed by atoms with Crippen molar-refractivity contribution in [2.75, 3.05) is 44.0 Å². The fourth-order valence-corrected chi connectivity index (χ4v) is 3.93. The Hall–Kier alpha value is -1.66. The van der Waals surface area contributed by atoms with E-state index in [1.807, 2.05) is 42.6 Å². The molecule has 0 N–H and O–H groups in total. The van der Waals surface area contributed by atoms with Gasteiger partial charge in [0.25, 0.3) is 0 Å². The smallest absolute Gasteiger partial charge is 0.226 e. The average molecular weight is 331 g/mol. The number of likely N-dealkylation sites (tertiary alicyclic amines) is 1. The van der Waals surface area contributed by atoms with Crippen molar-refractivity contribution in [1.82, 2.24) is 14.9 Å². The number of aromatic nitrogens is 2. The second-order valence-corrected chi connectivity index (χ2v) is 7.78. The summed E-state index contributed by atoms with van der Waals surface area (Å²) >= 11 is 1.90. The summed E-state index contributed by atoms with van der Waals surface area (Å²) < 4.78 is 0. The topological polar surface area (TPSA) is 35.5 Å². The maximum absolute atomic E-state index is 4.65. The summed E-state index contributed by atoms with van der Waals surface area (Å²) in [6.07, 6.45) is 3.03. The highest BCUT2D eigenvalue weighted by Crippen LogP contribution is 2.24. The molecular weight excluding hydrogens is 306 g/mol. The van der Waals surface area contributed by atoms with Crippen molar-refractivity contribution in [3.05, 3.63) is 34.2 Å². The van der Waals surface area contributed by atoms with Crippen LogP contribution in [-0.2, 0) is 6.54 Å². The zero-order valence-electron chi connectivity index (χ0n) is 14.4. The summed E-state index contributed by atoms with van der Waals surface area (Å²) in [5.41, 5.74) is 0. The van der Waals surface area contributed by atoms with Crippen molar-refractivity contribution in [3.8, 4) is 0 Å². The Bertz CT molecular complexity index is 654. The van der Waals surface area contributed by atoms with Crippen LogP contribution in [0.15, 0.2) is 24.4 Å². The number of thiophene rings is 1. The first-order valence-electron chi connectivity index (χ1n) is 8.04. The predicted molar refractivity (Wildman–Crippen MR) is 97.5 cm³/mol. The number of rotatable bonds is 5. The number of hydrogen-bond donors (Lipinski definition) is 0. The minimum atomic E-state index is 0.515. The van der Waals surface area contributed by atoms with Crippen LogP contribution in [0.3, 0.4) is 0 Å². The SMILES string of the molecule is Cc1ccc(CN2CCC(N(C)c3ccnc(N(C)C)n3)C2)s1. The minimum Gasteiger partial charge on any atom is -0.355 e. The van der Waals surface area contributed by atoms with Gasteiger partial charge in [0.15, 0.2) is 0 Å². The molecule has 1 aliphatic rings. The first kappa shape index (κ1) is 16.2. The quantitative estimate of drug-likeness (QED) is 0.842. The Morgan fingerprint density at radius 3 is 2.78 bits per heavy atom. The maximum atomic E-state index is 4.65. The second-order valence-electron chi connectivity index (χ2n) is 6.41. The van der Waals surface area contributed by atoms with Crippen LogP contribution in [-0.4, -0.2) is 55.1 Å². The highest BCUT2D eigenvalue weighted by molar-refractivity contribution is 7.11. The van der Waals surface area contributed by atoms with Crippen molar-refractivity contribution in [2.24, 2.45) is 0 Å². The van der Waals surface area contributed by atoms with Crippen molar-refractivity contribution < 1.29 is 0 Å². The van der Waals surface area contributed by atoms with Crippen LogP contribution in [0.4, 0.5) is 11.8 Å². The molecule has 1 saturated heterocycles. The molecule has 1 aliphatic heterocycles. The summed E-state index contributed by atoms with van der Waals surface area (Å²) in [6, 6.07) is 6.98. The summed E-state index contributed by atoms with van der Waals surface area (Å²) in [5, 5.41) is 0. The van der Waals surface area contributed by atoms with Gasteiger partial charge in [0.1, 0.15) is 5.82 Å². The molecule has 0 spiro atoms. The molecule has 0 aliphatic carbocycles. The Morgan fingerprint density at radius 2 is 2.09 bits per heavy atom. The third-order valence-electron chi connectivity index (χ3n) is 4.36. The standard InChI is InChI=1S/C17H25N5S/c1-13-5-6-15(23-13)12-22-10-8-14(11-22)21(4)16-7-9-18-17(19-16)20(2)3/h5-7,9,14H,8,10-12H2,1-4H3. The van der Waals surface area contributed by atoms with Gasteiger partial charge in [0, 0.05) is 62.8 Å². The van der Waals surface area contributed by atoms with Gasteiger partial charge in [0.2, 0.25) is 5.95 Å². The first-order valence-corrected chi connectivity index (χ1v) is 8.85. The molecule has 2 aromatic rings. The molecule has 2 aromatic heterocycles. The van der Waals surface area contributed by atoms with Crippen LogP contribution in [0.2, 0.25) is 0 Å². The molecule has 124 valence electrons. The molecule has 5 nitrogen and oxygen atoms in total. The lowest BCUT2D eigenvalue weighted by atomic mass is 10.2. The Morgan fingerprint density at radius 1 is 1.26 bits per heavy atom. The molecule has 0 saturated carbocycles. The number of hydrogen-bond acceptors (Lipinski definition) is 6. The third kappa shape index (κ3) is 3.82. The second kappa shape index (κ2) is 6.84. The fraction of sp³-hybridized carbons (Fsp3) is 0.529. The maximum Gasteiger partial charge on any atom is 0.226 e. The molecular formula is C17H25N5S. The summed E-state index contributed by atoms with van der Waals surface area (Å²) in [5.74, 6) is 1.76. The molecule has 1 atom stereocenters. The van der Waals surface area contributed by atoms with Crippen LogP contribution < -0.4 is 9.80 Å². The number of likely N-dealkylation sites (N-methyl/N-ethyl adjacent to an activating group) is 1. The Kier molecular flexibility index (Phi) is 4.82. The highest BCUT2D eigenvalue weighted by atomic mass is 32.1. The van der Waals surface area contributed by atoms with Gasteiger partial charge in [-0.15, -0.1) is 11.3 Å². The molecule has 0 aromatic carbocycles. The van der Waals surface area contributed by atoms with E-state index in [-0.39, 0.29) is 0 Å². The summed E-state index contributed by atoms with van der Waals surface area (Å²) in [7, 11) is 6.09. The molecule has 0 bridgehead atoms. The van der Waals surface area contributed by atoms with E-state index in [0.717, 1.165) is 31.4 Å². The van der Waals surface area contributed by atoms with Gasteiger partial charge in [-0.2, -0.15) is 4.98 Å². The molecule has 1 unspecified atom stereocenters. The van der Waals surface area contributed by atoms with Gasteiger partial charge in [-0.1, -0.05) is 0 Å². The largest absolute Gasteiger partial charge is 0.355 e. The molecule has 1 fully saturated rings.